The third kappa shape index (κ3) is 6.56. The Hall–Kier alpha value is -1.89. The van der Waals surface area contributed by atoms with E-state index < -0.39 is 0 Å². The quantitative estimate of drug-likeness (QED) is 0.630. The van der Waals surface area contributed by atoms with E-state index in [0.717, 1.165) is 57.2 Å². The van der Waals surface area contributed by atoms with Crippen LogP contribution >= 0.6 is 0 Å². The van der Waals surface area contributed by atoms with Crippen LogP contribution in [0.5, 0.6) is 0 Å². The minimum atomic E-state index is 0.376. The normalized spacial score (nSPS) is 24.7. The van der Waals surface area contributed by atoms with Crippen LogP contribution in [-0.2, 0) is 4.79 Å². The van der Waals surface area contributed by atoms with Crippen molar-refractivity contribution < 1.29 is 4.79 Å². The molecule has 4 rings (SSSR count). The number of rotatable bonds is 9. The molecule has 3 aliphatic rings. The summed E-state index contributed by atoms with van der Waals surface area (Å²) < 4.78 is 0. The smallest absolute Gasteiger partial charge is 0.222 e. The average molecular weight is 443 g/mol. The lowest BCUT2D eigenvalue weighted by atomic mass is 9.92. The van der Waals surface area contributed by atoms with Gasteiger partial charge in [0.05, 0.1) is 0 Å². The van der Waals surface area contributed by atoms with Crippen molar-refractivity contribution in [3.8, 4) is 0 Å². The van der Waals surface area contributed by atoms with Crippen LogP contribution in [0.3, 0.4) is 0 Å². The van der Waals surface area contributed by atoms with Gasteiger partial charge in [0.2, 0.25) is 5.91 Å². The Kier molecular flexibility index (Phi) is 8.60. The molecule has 32 heavy (non-hydrogen) atoms. The van der Waals surface area contributed by atoms with Crippen molar-refractivity contribution in [1.82, 2.24) is 19.8 Å². The van der Waals surface area contributed by atoms with Gasteiger partial charge in [0.15, 0.2) is 0 Å². The zero-order valence-electron chi connectivity index (χ0n) is 20.0. The van der Waals surface area contributed by atoms with Crippen LogP contribution in [0.2, 0.25) is 0 Å². The molecule has 7 nitrogen and oxygen atoms in total. The molecule has 0 aliphatic carbocycles. The van der Waals surface area contributed by atoms with Gasteiger partial charge in [-0.2, -0.15) is 0 Å². The molecule has 7 heteroatoms. The minimum Gasteiger partial charge on any atom is -0.370 e. The summed E-state index contributed by atoms with van der Waals surface area (Å²) in [5, 5.41) is 3.36. The molecule has 0 radical (unpaired) electrons. The van der Waals surface area contributed by atoms with E-state index in [1.165, 1.54) is 58.2 Å². The number of likely N-dealkylation sites (tertiary alicyclic amines) is 2. The van der Waals surface area contributed by atoms with Crippen molar-refractivity contribution in [2.24, 2.45) is 11.8 Å². The molecule has 3 saturated heterocycles. The van der Waals surface area contributed by atoms with E-state index in [4.69, 9.17) is 0 Å². The second kappa shape index (κ2) is 11.8. The summed E-state index contributed by atoms with van der Waals surface area (Å²) in [6, 6.07) is 2.07. The van der Waals surface area contributed by atoms with Crippen LogP contribution in [0.25, 0.3) is 0 Å². The van der Waals surface area contributed by atoms with Crippen LogP contribution in [0.1, 0.15) is 64.7 Å². The van der Waals surface area contributed by atoms with E-state index in [1.54, 1.807) is 6.33 Å². The van der Waals surface area contributed by atoms with E-state index >= 15 is 0 Å². The highest BCUT2D eigenvalue weighted by Gasteiger charge is 2.27. The van der Waals surface area contributed by atoms with Gasteiger partial charge in [0.1, 0.15) is 18.0 Å². The molecular formula is C25H42N6O. The predicted octanol–water partition coefficient (Wildman–Crippen LogP) is 3.63. The van der Waals surface area contributed by atoms with Crippen molar-refractivity contribution >= 4 is 17.5 Å². The lowest BCUT2D eigenvalue weighted by Gasteiger charge is -2.36. The summed E-state index contributed by atoms with van der Waals surface area (Å²) in [4.78, 5) is 29.0. The van der Waals surface area contributed by atoms with E-state index in [9.17, 15) is 4.79 Å². The first-order valence-electron chi connectivity index (χ1n) is 13.0. The Morgan fingerprint density at radius 1 is 1.03 bits per heavy atom. The van der Waals surface area contributed by atoms with Crippen molar-refractivity contribution in [3.63, 3.8) is 0 Å². The molecule has 0 saturated carbocycles. The largest absolute Gasteiger partial charge is 0.370 e. The molecule has 1 amide bonds. The second-order valence-electron chi connectivity index (χ2n) is 10.0. The highest BCUT2D eigenvalue weighted by Crippen LogP contribution is 2.27. The fraction of sp³-hybridized carbons (Fsp3) is 0.800. The summed E-state index contributed by atoms with van der Waals surface area (Å²) in [5.41, 5.74) is 0. The number of hydrogen-bond acceptors (Lipinski definition) is 6. The maximum absolute atomic E-state index is 13.0. The molecule has 0 unspecified atom stereocenters. The zero-order valence-corrected chi connectivity index (χ0v) is 20.0. The molecule has 1 N–H and O–H groups in total. The van der Waals surface area contributed by atoms with Crippen molar-refractivity contribution in [1.29, 1.82) is 0 Å². The van der Waals surface area contributed by atoms with Gasteiger partial charge in [0, 0.05) is 51.8 Å². The number of anilines is 2. The number of nitrogens with zero attached hydrogens (tertiary/aromatic N) is 5. The van der Waals surface area contributed by atoms with Gasteiger partial charge < -0.3 is 20.0 Å². The van der Waals surface area contributed by atoms with Gasteiger partial charge in [0.25, 0.3) is 0 Å². The highest BCUT2D eigenvalue weighted by molar-refractivity contribution is 5.76. The van der Waals surface area contributed by atoms with Crippen molar-refractivity contribution in [3.05, 3.63) is 12.4 Å². The van der Waals surface area contributed by atoms with Crippen LogP contribution in [0.15, 0.2) is 12.4 Å². The highest BCUT2D eigenvalue weighted by atomic mass is 16.2. The van der Waals surface area contributed by atoms with Crippen LogP contribution in [-0.4, -0.2) is 78.0 Å². The number of aromatic nitrogens is 2. The molecule has 0 aromatic carbocycles. The third-order valence-corrected chi connectivity index (χ3v) is 7.40. The summed E-state index contributed by atoms with van der Waals surface area (Å²) in [6.45, 7) is 10.8. The third-order valence-electron chi connectivity index (χ3n) is 7.40. The number of hydrogen-bond donors (Lipinski definition) is 1. The topological polar surface area (TPSA) is 64.6 Å². The van der Waals surface area contributed by atoms with Crippen LogP contribution < -0.4 is 10.2 Å². The summed E-state index contributed by atoms with van der Waals surface area (Å²) in [5.74, 6) is 3.53. The number of nitrogens with one attached hydrogen (secondary N) is 1. The Labute approximate surface area is 194 Å². The van der Waals surface area contributed by atoms with Gasteiger partial charge >= 0.3 is 0 Å². The molecule has 1 aromatic rings. The first-order chi connectivity index (χ1) is 15.7. The molecule has 2 atom stereocenters. The molecular weight excluding hydrogens is 400 g/mol. The van der Waals surface area contributed by atoms with Crippen molar-refractivity contribution in [2.45, 2.75) is 64.7 Å². The maximum atomic E-state index is 13.0. The Balaban J connectivity index is 1.23. The number of amides is 1. The molecule has 4 heterocycles. The Morgan fingerprint density at radius 2 is 1.84 bits per heavy atom. The standard InChI is InChI=1S/C25H42N6O/c1-2-11-26-23-16-24(28-20-27-23)30-14-5-7-21(18-30)9-10-25(32)31-15-6-8-22(19-31)17-29-12-3-4-13-29/h16,20-22H,2-15,17-19H2,1H3,(H,26,27,28)/t21-,22+/m1/s1. The molecule has 0 spiro atoms. The Bertz CT molecular complexity index is 722. The van der Waals surface area contributed by atoms with Gasteiger partial charge in [-0.3, -0.25) is 4.79 Å². The van der Waals surface area contributed by atoms with E-state index in [-0.39, 0.29) is 0 Å². The average Bonchev–Trinajstić information content (AvgIpc) is 3.35. The molecule has 0 bridgehead atoms. The zero-order chi connectivity index (χ0) is 22.2. The summed E-state index contributed by atoms with van der Waals surface area (Å²) >= 11 is 0. The molecule has 3 aliphatic heterocycles. The summed E-state index contributed by atoms with van der Waals surface area (Å²) in [7, 11) is 0. The number of carbonyl (C=O) groups excluding carboxylic acids is 1. The predicted molar refractivity (Wildman–Crippen MR) is 130 cm³/mol. The SMILES string of the molecule is CCCNc1cc(N2CCC[C@H](CCC(=O)N3CCC[C@@H](CN4CCCC4)C3)C2)ncn1. The number of piperidine rings is 2. The molecule has 3 fully saturated rings. The minimum absolute atomic E-state index is 0.376. The van der Waals surface area contributed by atoms with Gasteiger partial charge in [-0.1, -0.05) is 6.92 Å². The van der Waals surface area contributed by atoms with E-state index in [2.05, 4.69) is 43.0 Å². The first-order valence-corrected chi connectivity index (χ1v) is 13.0. The maximum Gasteiger partial charge on any atom is 0.222 e. The van der Waals surface area contributed by atoms with Crippen molar-refractivity contribution in [2.75, 3.05) is 62.6 Å². The van der Waals surface area contributed by atoms with Gasteiger partial charge in [-0.25, -0.2) is 9.97 Å². The summed E-state index contributed by atoms with van der Waals surface area (Å²) in [6.07, 6.45) is 12.0. The lowest BCUT2D eigenvalue weighted by molar-refractivity contribution is -0.133. The second-order valence-corrected chi connectivity index (χ2v) is 10.0. The first kappa shape index (κ1) is 23.3. The number of carbonyl (C=O) groups is 1. The van der Waals surface area contributed by atoms with Crippen LogP contribution in [0, 0.1) is 11.8 Å². The van der Waals surface area contributed by atoms with E-state index in [1.807, 2.05) is 0 Å². The lowest BCUT2D eigenvalue weighted by Crippen LogP contribution is -2.43. The fourth-order valence-corrected chi connectivity index (χ4v) is 5.64. The Morgan fingerprint density at radius 3 is 2.69 bits per heavy atom. The molecule has 178 valence electrons. The fourth-order valence-electron chi connectivity index (χ4n) is 5.64. The van der Waals surface area contributed by atoms with E-state index in [0.29, 0.717) is 24.2 Å². The van der Waals surface area contributed by atoms with Crippen LogP contribution in [0.4, 0.5) is 11.6 Å². The van der Waals surface area contributed by atoms with Gasteiger partial charge in [-0.15, -0.1) is 0 Å². The van der Waals surface area contributed by atoms with Gasteiger partial charge in [-0.05, 0) is 76.3 Å². The monoisotopic (exact) mass is 442 g/mol. The molecule has 1 aromatic heterocycles.